The molecule has 0 radical (unpaired) electrons. The minimum atomic E-state index is -3.75. The fourth-order valence-electron chi connectivity index (χ4n) is 2.01. The number of hydrogen-bond donors (Lipinski definition) is 1. The van der Waals surface area contributed by atoms with Gasteiger partial charge >= 0.3 is 0 Å². The molecule has 3 aromatic rings. The van der Waals surface area contributed by atoms with Crippen molar-refractivity contribution in [2.24, 2.45) is 0 Å². The van der Waals surface area contributed by atoms with E-state index >= 15 is 0 Å². The molecular weight excluding hydrogens is 348 g/mol. The lowest BCUT2D eigenvalue weighted by atomic mass is 10.3. The summed E-state index contributed by atoms with van der Waals surface area (Å²) in [6, 6.07) is 20.1. The van der Waals surface area contributed by atoms with E-state index in [4.69, 9.17) is 16.3 Å². The maximum atomic E-state index is 12.3. The van der Waals surface area contributed by atoms with Crippen molar-refractivity contribution < 1.29 is 13.2 Å². The zero-order chi connectivity index (χ0) is 17.0. The first-order valence-electron chi connectivity index (χ1n) is 7.01. The standard InChI is InChI=1S/C17H13ClN2O3S/c18-16-11-14(23-13-7-3-1-4-8-13)12-17(19-16)20-24(21,22)15-9-5-2-6-10-15/h1-12H,(H,19,20). The number of halogens is 1. The van der Waals surface area contributed by atoms with Gasteiger partial charge in [-0.25, -0.2) is 13.4 Å². The number of anilines is 1. The van der Waals surface area contributed by atoms with Gasteiger partial charge in [0.1, 0.15) is 22.5 Å². The van der Waals surface area contributed by atoms with Crippen LogP contribution in [0.25, 0.3) is 0 Å². The van der Waals surface area contributed by atoms with Gasteiger partial charge in [-0.15, -0.1) is 0 Å². The number of benzene rings is 2. The zero-order valence-electron chi connectivity index (χ0n) is 12.4. The van der Waals surface area contributed by atoms with Gasteiger partial charge in [0.05, 0.1) is 4.90 Å². The lowest BCUT2D eigenvalue weighted by Gasteiger charge is -2.10. The van der Waals surface area contributed by atoms with Crippen LogP contribution in [0.15, 0.2) is 77.7 Å². The molecule has 1 heterocycles. The number of nitrogens with zero attached hydrogens (tertiary/aromatic N) is 1. The minimum Gasteiger partial charge on any atom is -0.457 e. The number of para-hydroxylation sites is 1. The summed E-state index contributed by atoms with van der Waals surface area (Å²) in [5.74, 6) is 1.07. The lowest BCUT2D eigenvalue weighted by Crippen LogP contribution is -2.13. The molecule has 0 saturated heterocycles. The summed E-state index contributed by atoms with van der Waals surface area (Å²) in [5.41, 5.74) is 0. The Kier molecular flexibility index (Phi) is 4.69. The molecular formula is C17H13ClN2O3S. The molecule has 1 N–H and O–H groups in total. The van der Waals surface area contributed by atoms with Crippen LogP contribution in [0.4, 0.5) is 5.82 Å². The summed E-state index contributed by atoms with van der Waals surface area (Å²) < 4.78 is 32.8. The number of aromatic nitrogens is 1. The Morgan fingerprint density at radius 2 is 1.50 bits per heavy atom. The summed E-state index contributed by atoms with van der Waals surface area (Å²) in [7, 11) is -3.75. The van der Waals surface area contributed by atoms with Crippen molar-refractivity contribution in [3.05, 3.63) is 77.9 Å². The van der Waals surface area contributed by atoms with Crippen molar-refractivity contribution in [2.75, 3.05) is 4.72 Å². The monoisotopic (exact) mass is 360 g/mol. The molecule has 0 saturated carbocycles. The quantitative estimate of drug-likeness (QED) is 0.688. The molecule has 0 bridgehead atoms. The van der Waals surface area contributed by atoms with Gasteiger partial charge < -0.3 is 4.74 Å². The van der Waals surface area contributed by atoms with Crippen LogP contribution < -0.4 is 9.46 Å². The molecule has 0 aliphatic heterocycles. The van der Waals surface area contributed by atoms with Crippen molar-refractivity contribution in [3.8, 4) is 11.5 Å². The Labute approximate surface area is 144 Å². The Balaban J connectivity index is 1.87. The van der Waals surface area contributed by atoms with E-state index in [1.165, 1.54) is 24.3 Å². The van der Waals surface area contributed by atoms with Crippen LogP contribution in [0.2, 0.25) is 5.15 Å². The van der Waals surface area contributed by atoms with E-state index in [0.29, 0.717) is 11.5 Å². The number of sulfonamides is 1. The molecule has 24 heavy (non-hydrogen) atoms. The molecule has 5 nitrogen and oxygen atoms in total. The Hall–Kier alpha value is -2.57. The fraction of sp³-hybridized carbons (Fsp3) is 0. The molecule has 0 fully saturated rings. The molecule has 0 atom stereocenters. The Morgan fingerprint density at radius 1 is 0.875 bits per heavy atom. The van der Waals surface area contributed by atoms with Crippen LogP contribution in [0.1, 0.15) is 0 Å². The number of rotatable bonds is 5. The van der Waals surface area contributed by atoms with Crippen molar-refractivity contribution in [1.29, 1.82) is 0 Å². The largest absolute Gasteiger partial charge is 0.457 e. The Bertz CT molecular complexity index is 933. The van der Waals surface area contributed by atoms with E-state index < -0.39 is 10.0 Å². The average Bonchev–Trinajstić information content (AvgIpc) is 2.55. The number of ether oxygens (including phenoxy) is 1. The van der Waals surface area contributed by atoms with E-state index in [0.717, 1.165) is 0 Å². The molecule has 122 valence electrons. The van der Waals surface area contributed by atoms with E-state index in [9.17, 15) is 8.42 Å². The molecule has 0 amide bonds. The van der Waals surface area contributed by atoms with E-state index in [1.807, 2.05) is 18.2 Å². The highest BCUT2D eigenvalue weighted by Crippen LogP contribution is 2.27. The molecule has 0 unspecified atom stereocenters. The second-order valence-electron chi connectivity index (χ2n) is 4.84. The number of pyridine rings is 1. The number of nitrogens with one attached hydrogen (secondary N) is 1. The van der Waals surface area contributed by atoms with Gasteiger partial charge in [0.25, 0.3) is 10.0 Å². The van der Waals surface area contributed by atoms with Crippen molar-refractivity contribution >= 4 is 27.4 Å². The minimum absolute atomic E-state index is 0.0808. The Morgan fingerprint density at radius 3 is 2.17 bits per heavy atom. The summed E-state index contributed by atoms with van der Waals surface area (Å²) in [6.07, 6.45) is 0. The van der Waals surface area contributed by atoms with Gasteiger partial charge in [-0.2, -0.15) is 0 Å². The normalized spacial score (nSPS) is 11.0. The van der Waals surface area contributed by atoms with Crippen LogP contribution >= 0.6 is 11.6 Å². The highest BCUT2D eigenvalue weighted by molar-refractivity contribution is 7.92. The molecule has 1 aromatic heterocycles. The second-order valence-corrected chi connectivity index (χ2v) is 6.91. The van der Waals surface area contributed by atoms with Gasteiger partial charge in [0.15, 0.2) is 0 Å². The first kappa shape index (κ1) is 16.3. The average molecular weight is 361 g/mol. The molecule has 0 spiro atoms. The zero-order valence-corrected chi connectivity index (χ0v) is 14.0. The second kappa shape index (κ2) is 6.90. The van der Waals surface area contributed by atoms with Crippen LogP contribution in [-0.4, -0.2) is 13.4 Å². The van der Waals surface area contributed by atoms with Crippen molar-refractivity contribution in [3.63, 3.8) is 0 Å². The highest BCUT2D eigenvalue weighted by atomic mass is 35.5. The molecule has 2 aromatic carbocycles. The SMILES string of the molecule is O=S(=O)(Nc1cc(Oc2ccccc2)cc(Cl)n1)c1ccccc1. The van der Waals surface area contributed by atoms with Crippen LogP contribution in [-0.2, 0) is 10.0 Å². The molecule has 0 aliphatic rings. The fourth-order valence-corrected chi connectivity index (χ4v) is 3.22. The summed E-state index contributed by atoms with van der Waals surface area (Å²) >= 11 is 5.97. The third kappa shape index (κ3) is 4.04. The maximum absolute atomic E-state index is 12.3. The third-order valence-electron chi connectivity index (χ3n) is 3.04. The van der Waals surface area contributed by atoms with E-state index in [-0.39, 0.29) is 15.9 Å². The third-order valence-corrected chi connectivity index (χ3v) is 4.60. The van der Waals surface area contributed by atoms with Crippen LogP contribution in [0.5, 0.6) is 11.5 Å². The predicted octanol–water partition coefficient (Wildman–Crippen LogP) is 4.33. The van der Waals surface area contributed by atoms with E-state index in [2.05, 4.69) is 9.71 Å². The topological polar surface area (TPSA) is 68.3 Å². The van der Waals surface area contributed by atoms with Gasteiger partial charge in [0, 0.05) is 12.1 Å². The summed E-state index contributed by atoms with van der Waals surface area (Å²) in [6.45, 7) is 0. The highest BCUT2D eigenvalue weighted by Gasteiger charge is 2.15. The smallest absolute Gasteiger partial charge is 0.263 e. The lowest BCUT2D eigenvalue weighted by molar-refractivity contribution is 0.482. The summed E-state index contributed by atoms with van der Waals surface area (Å²) in [4.78, 5) is 4.12. The molecule has 0 aliphatic carbocycles. The van der Waals surface area contributed by atoms with Gasteiger partial charge in [0.2, 0.25) is 0 Å². The van der Waals surface area contributed by atoms with Gasteiger partial charge in [-0.1, -0.05) is 48.0 Å². The van der Waals surface area contributed by atoms with Crippen molar-refractivity contribution in [1.82, 2.24) is 4.98 Å². The predicted molar refractivity (Wildman–Crippen MR) is 93.0 cm³/mol. The molecule has 7 heteroatoms. The first-order valence-corrected chi connectivity index (χ1v) is 8.87. The van der Waals surface area contributed by atoms with Crippen LogP contribution in [0, 0.1) is 0 Å². The van der Waals surface area contributed by atoms with Gasteiger partial charge in [-0.3, -0.25) is 4.72 Å². The summed E-state index contributed by atoms with van der Waals surface area (Å²) in [5, 5.41) is 0.120. The van der Waals surface area contributed by atoms with Crippen molar-refractivity contribution in [2.45, 2.75) is 4.90 Å². The van der Waals surface area contributed by atoms with E-state index in [1.54, 1.807) is 30.3 Å². The molecule has 3 rings (SSSR count). The first-order chi connectivity index (χ1) is 11.5. The number of hydrogen-bond acceptors (Lipinski definition) is 4. The van der Waals surface area contributed by atoms with Gasteiger partial charge in [-0.05, 0) is 24.3 Å². The maximum Gasteiger partial charge on any atom is 0.263 e. The van der Waals surface area contributed by atoms with Crippen LogP contribution in [0.3, 0.4) is 0 Å².